The zero-order valence-electron chi connectivity index (χ0n) is 13.8. The number of likely N-dealkylation sites (tertiary alicyclic amines) is 2. The lowest BCUT2D eigenvalue weighted by Gasteiger charge is -2.34. The smallest absolute Gasteiger partial charge is 0.410 e. The topological polar surface area (TPSA) is 49.9 Å². The number of carbonyl (C=O) groups excluding carboxylic acids is 2. The van der Waals surface area contributed by atoms with Gasteiger partial charge in [-0.2, -0.15) is 0 Å². The van der Waals surface area contributed by atoms with Gasteiger partial charge in [0.2, 0.25) is 5.91 Å². The van der Waals surface area contributed by atoms with E-state index in [2.05, 4.69) is 5.92 Å². The maximum absolute atomic E-state index is 12.0. The Morgan fingerprint density at radius 1 is 1.36 bits per heavy atom. The Hall–Kier alpha value is -1.70. The second-order valence-corrected chi connectivity index (χ2v) is 7.28. The van der Waals surface area contributed by atoms with E-state index >= 15 is 0 Å². The van der Waals surface area contributed by atoms with E-state index in [4.69, 9.17) is 11.2 Å². The van der Waals surface area contributed by atoms with Crippen LogP contribution in [-0.4, -0.2) is 53.6 Å². The van der Waals surface area contributed by atoms with Crippen molar-refractivity contribution < 1.29 is 14.3 Å². The van der Waals surface area contributed by atoms with Crippen LogP contribution in [0.3, 0.4) is 0 Å². The summed E-state index contributed by atoms with van der Waals surface area (Å²) in [7, 11) is 0. The van der Waals surface area contributed by atoms with Gasteiger partial charge in [0.25, 0.3) is 0 Å². The number of ether oxygens (including phenoxy) is 1. The summed E-state index contributed by atoms with van der Waals surface area (Å²) in [6.07, 6.45) is 7.46. The molecule has 2 aliphatic rings. The number of hydrogen-bond acceptors (Lipinski definition) is 3. The highest BCUT2D eigenvalue weighted by Crippen LogP contribution is 2.24. The zero-order chi connectivity index (χ0) is 16.3. The van der Waals surface area contributed by atoms with E-state index in [1.165, 1.54) is 0 Å². The van der Waals surface area contributed by atoms with Crippen molar-refractivity contribution in [2.24, 2.45) is 11.8 Å². The van der Waals surface area contributed by atoms with Crippen molar-refractivity contribution >= 4 is 12.0 Å². The molecule has 0 aromatic rings. The highest BCUT2D eigenvalue weighted by Gasteiger charge is 2.32. The fraction of sp³-hybridized carbons (Fsp3) is 0.765. The summed E-state index contributed by atoms with van der Waals surface area (Å²) >= 11 is 0. The number of carbonyl (C=O) groups is 2. The second kappa shape index (κ2) is 6.60. The number of nitrogens with zero attached hydrogens (tertiary/aromatic N) is 2. The monoisotopic (exact) mass is 306 g/mol. The molecule has 0 spiro atoms. The largest absolute Gasteiger partial charge is 0.444 e. The first-order chi connectivity index (χ1) is 10.3. The lowest BCUT2D eigenvalue weighted by atomic mass is 9.96. The Kier molecular flexibility index (Phi) is 5.00. The summed E-state index contributed by atoms with van der Waals surface area (Å²) < 4.78 is 5.39. The summed E-state index contributed by atoms with van der Waals surface area (Å²) in [6.45, 7) is 8.46. The van der Waals surface area contributed by atoms with Gasteiger partial charge in [0.1, 0.15) is 5.60 Å². The highest BCUT2D eigenvalue weighted by atomic mass is 16.6. The van der Waals surface area contributed by atoms with E-state index in [0.717, 1.165) is 19.4 Å². The maximum atomic E-state index is 12.0. The van der Waals surface area contributed by atoms with Crippen molar-refractivity contribution in [3.8, 4) is 12.3 Å². The Morgan fingerprint density at radius 2 is 2.00 bits per heavy atom. The molecule has 0 bridgehead atoms. The molecule has 5 heteroatoms. The minimum atomic E-state index is -0.458. The van der Waals surface area contributed by atoms with Gasteiger partial charge in [-0.3, -0.25) is 4.79 Å². The summed E-state index contributed by atoms with van der Waals surface area (Å²) in [5.74, 6) is 3.35. The summed E-state index contributed by atoms with van der Waals surface area (Å²) in [5, 5.41) is 0. The molecule has 0 radical (unpaired) electrons. The maximum Gasteiger partial charge on any atom is 0.410 e. The molecule has 5 nitrogen and oxygen atoms in total. The average molecular weight is 306 g/mol. The molecule has 22 heavy (non-hydrogen) atoms. The van der Waals surface area contributed by atoms with Crippen molar-refractivity contribution in [1.29, 1.82) is 0 Å². The minimum Gasteiger partial charge on any atom is -0.444 e. The van der Waals surface area contributed by atoms with Gasteiger partial charge in [0.05, 0.1) is 0 Å². The predicted octanol–water partition coefficient (Wildman–Crippen LogP) is 2.12. The van der Waals surface area contributed by atoms with E-state index in [1.807, 2.05) is 25.7 Å². The van der Waals surface area contributed by atoms with Crippen molar-refractivity contribution in [2.75, 3.05) is 26.2 Å². The molecule has 122 valence electrons. The van der Waals surface area contributed by atoms with Crippen LogP contribution in [-0.2, 0) is 9.53 Å². The van der Waals surface area contributed by atoms with Gasteiger partial charge in [-0.05, 0) is 39.5 Å². The van der Waals surface area contributed by atoms with Crippen molar-refractivity contribution in [2.45, 2.75) is 45.6 Å². The number of piperidine rings is 1. The minimum absolute atomic E-state index is 0.0642. The Bertz CT molecular complexity index is 467. The normalized spacial score (nSPS) is 23.5. The Balaban J connectivity index is 1.77. The summed E-state index contributed by atoms with van der Waals surface area (Å²) in [4.78, 5) is 27.6. The molecule has 2 rings (SSSR count). The SMILES string of the molecule is C#CC1CC(=O)N(CC2CCN(C(=O)OC(C)(C)C)CC2)C1. The lowest BCUT2D eigenvalue weighted by Crippen LogP contribution is -2.44. The molecule has 2 aliphatic heterocycles. The van der Waals surface area contributed by atoms with E-state index < -0.39 is 5.60 Å². The third kappa shape index (κ3) is 4.40. The zero-order valence-corrected chi connectivity index (χ0v) is 13.8. The Morgan fingerprint density at radius 3 is 2.50 bits per heavy atom. The van der Waals surface area contributed by atoms with Crippen LogP contribution in [0.4, 0.5) is 4.79 Å². The molecule has 0 aromatic carbocycles. The van der Waals surface area contributed by atoms with E-state index in [9.17, 15) is 9.59 Å². The van der Waals surface area contributed by atoms with Crippen molar-refractivity contribution in [3.05, 3.63) is 0 Å². The second-order valence-electron chi connectivity index (χ2n) is 7.28. The van der Waals surface area contributed by atoms with Crippen molar-refractivity contribution in [3.63, 3.8) is 0 Å². The first-order valence-electron chi connectivity index (χ1n) is 8.00. The number of terminal acetylenes is 1. The average Bonchev–Trinajstić information content (AvgIpc) is 2.78. The molecular weight excluding hydrogens is 280 g/mol. The third-order valence-electron chi connectivity index (χ3n) is 4.20. The van der Waals surface area contributed by atoms with Crippen LogP contribution in [0.1, 0.15) is 40.0 Å². The number of rotatable bonds is 2. The van der Waals surface area contributed by atoms with Gasteiger partial charge in [-0.25, -0.2) is 4.79 Å². The molecule has 0 aliphatic carbocycles. The third-order valence-corrected chi connectivity index (χ3v) is 4.20. The molecule has 2 amide bonds. The number of hydrogen-bond donors (Lipinski definition) is 0. The van der Waals surface area contributed by atoms with E-state index in [0.29, 0.717) is 32.0 Å². The van der Waals surface area contributed by atoms with Gasteiger partial charge in [0.15, 0.2) is 0 Å². The molecule has 1 unspecified atom stereocenters. The quantitative estimate of drug-likeness (QED) is 0.734. The van der Waals surface area contributed by atoms with Crippen LogP contribution in [0.2, 0.25) is 0 Å². The molecule has 2 fully saturated rings. The lowest BCUT2D eigenvalue weighted by molar-refractivity contribution is -0.128. The van der Waals surface area contributed by atoms with E-state index in [1.54, 1.807) is 4.90 Å². The fourth-order valence-electron chi connectivity index (χ4n) is 3.00. The van der Waals surface area contributed by atoms with Gasteiger partial charge >= 0.3 is 6.09 Å². The van der Waals surface area contributed by atoms with Gasteiger partial charge in [-0.1, -0.05) is 0 Å². The molecule has 0 aromatic heterocycles. The van der Waals surface area contributed by atoms with Crippen LogP contribution in [0.15, 0.2) is 0 Å². The van der Waals surface area contributed by atoms with Gasteiger partial charge < -0.3 is 14.5 Å². The van der Waals surface area contributed by atoms with Crippen LogP contribution in [0, 0.1) is 24.2 Å². The number of amides is 2. The molecule has 0 saturated carbocycles. The first-order valence-corrected chi connectivity index (χ1v) is 8.00. The standard InChI is InChI=1S/C17H26N2O3/c1-5-13-10-15(20)19(11-13)12-14-6-8-18(9-7-14)16(21)22-17(2,3)4/h1,13-14H,6-12H2,2-4H3. The van der Waals surface area contributed by atoms with Crippen LogP contribution < -0.4 is 0 Å². The molecular formula is C17H26N2O3. The molecule has 2 heterocycles. The molecule has 1 atom stereocenters. The van der Waals surface area contributed by atoms with E-state index in [-0.39, 0.29) is 17.9 Å². The Labute approximate surface area is 133 Å². The highest BCUT2D eigenvalue weighted by molar-refractivity contribution is 5.79. The van der Waals surface area contributed by atoms with Crippen LogP contribution in [0.25, 0.3) is 0 Å². The first kappa shape index (κ1) is 16.7. The van der Waals surface area contributed by atoms with Gasteiger partial charge in [-0.15, -0.1) is 12.3 Å². The summed E-state index contributed by atoms with van der Waals surface area (Å²) in [6, 6.07) is 0. The fourth-order valence-corrected chi connectivity index (χ4v) is 3.00. The molecule has 0 N–H and O–H groups in total. The van der Waals surface area contributed by atoms with Crippen molar-refractivity contribution in [1.82, 2.24) is 9.80 Å². The summed E-state index contributed by atoms with van der Waals surface area (Å²) in [5.41, 5.74) is -0.458. The molecule has 2 saturated heterocycles. The predicted molar refractivity (Wildman–Crippen MR) is 84.1 cm³/mol. The van der Waals surface area contributed by atoms with Gasteiger partial charge in [0, 0.05) is 38.5 Å². The van der Waals surface area contributed by atoms with Crippen LogP contribution >= 0.6 is 0 Å². The van der Waals surface area contributed by atoms with Crippen LogP contribution in [0.5, 0.6) is 0 Å².